The average molecular weight is 474 g/mol. The lowest BCUT2D eigenvalue weighted by Gasteiger charge is -2.12. The van der Waals surface area contributed by atoms with Crippen LogP contribution in [-0.2, 0) is 22.6 Å². The van der Waals surface area contributed by atoms with Gasteiger partial charge in [-0.25, -0.2) is 8.78 Å². The van der Waals surface area contributed by atoms with E-state index >= 15 is 0 Å². The molecule has 0 fully saturated rings. The summed E-state index contributed by atoms with van der Waals surface area (Å²) >= 11 is 0. The molecule has 1 aromatic heterocycles. The average Bonchev–Trinajstić information content (AvgIpc) is 2.85. The number of aromatic nitrogens is 3. The molecule has 0 aliphatic carbocycles. The van der Waals surface area contributed by atoms with E-state index in [9.17, 15) is 8.78 Å². The van der Waals surface area contributed by atoms with Gasteiger partial charge in [-0.05, 0) is 35.4 Å². The normalized spacial score (nSPS) is 10.8. The molecule has 0 atom stereocenters. The van der Waals surface area contributed by atoms with Gasteiger partial charge in [0.1, 0.15) is 11.6 Å². The molecule has 1 heterocycles. The third-order valence-corrected chi connectivity index (χ3v) is 4.53. The van der Waals surface area contributed by atoms with E-state index in [4.69, 9.17) is 15.2 Å². The summed E-state index contributed by atoms with van der Waals surface area (Å²) in [6, 6.07) is 12.3. The number of hydrogen-bond donors (Lipinski definition) is 4. The SMILES string of the molecule is NCCOCCOCCNc1nc(NCc2ccc(F)cc2)nc(NCc2ccc(F)cc2)n1. The summed E-state index contributed by atoms with van der Waals surface area (Å²) in [6.07, 6.45) is 0. The van der Waals surface area contributed by atoms with E-state index < -0.39 is 0 Å². The Hall–Kier alpha value is -3.41. The van der Waals surface area contributed by atoms with Crippen molar-refractivity contribution in [3.8, 4) is 0 Å². The standard InChI is InChI=1S/C23H29F2N7O2/c24-19-5-1-17(2-6-19)15-28-22-30-21(27-10-12-34-14-13-33-11-9-26)31-23(32-22)29-16-18-3-7-20(25)8-4-18/h1-8H,9-16,26H2,(H3,27,28,29,30,31,32). The Bertz CT molecular complexity index is 924. The number of nitrogens with one attached hydrogen (secondary N) is 3. The highest BCUT2D eigenvalue weighted by Crippen LogP contribution is 2.13. The number of halogens is 2. The number of rotatable bonds is 15. The first-order valence-corrected chi connectivity index (χ1v) is 10.9. The van der Waals surface area contributed by atoms with Crippen LogP contribution in [0.1, 0.15) is 11.1 Å². The summed E-state index contributed by atoms with van der Waals surface area (Å²) in [4.78, 5) is 13.2. The Labute approximate surface area is 197 Å². The summed E-state index contributed by atoms with van der Waals surface area (Å²) in [5.74, 6) is 0.465. The molecule has 0 aliphatic heterocycles. The molecule has 2 aromatic carbocycles. The highest BCUT2D eigenvalue weighted by atomic mass is 19.1. The van der Waals surface area contributed by atoms with Gasteiger partial charge in [-0.1, -0.05) is 24.3 Å². The lowest BCUT2D eigenvalue weighted by molar-refractivity contribution is 0.0547. The van der Waals surface area contributed by atoms with Crippen LogP contribution in [0, 0.1) is 11.6 Å². The molecule has 0 aliphatic rings. The fourth-order valence-corrected chi connectivity index (χ4v) is 2.82. The van der Waals surface area contributed by atoms with Crippen molar-refractivity contribution in [3.63, 3.8) is 0 Å². The van der Waals surface area contributed by atoms with Crippen LogP contribution < -0.4 is 21.7 Å². The van der Waals surface area contributed by atoms with Crippen molar-refractivity contribution in [3.05, 3.63) is 71.3 Å². The van der Waals surface area contributed by atoms with E-state index in [0.29, 0.717) is 70.5 Å². The molecular formula is C23H29F2N7O2. The monoisotopic (exact) mass is 473 g/mol. The summed E-state index contributed by atoms with van der Waals surface area (Å²) in [5.41, 5.74) is 7.12. The van der Waals surface area contributed by atoms with Crippen LogP contribution in [0.5, 0.6) is 0 Å². The second-order valence-corrected chi connectivity index (χ2v) is 7.21. The first-order valence-electron chi connectivity index (χ1n) is 10.9. The zero-order valence-corrected chi connectivity index (χ0v) is 18.8. The van der Waals surface area contributed by atoms with E-state index in [2.05, 4.69) is 30.9 Å². The smallest absolute Gasteiger partial charge is 0.229 e. The molecule has 3 aromatic rings. The van der Waals surface area contributed by atoms with E-state index in [1.54, 1.807) is 24.3 Å². The molecule has 0 saturated carbocycles. The van der Waals surface area contributed by atoms with Crippen LogP contribution in [0.3, 0.4) is 0 Å². The van der Waals surface area contributed by atoms with Crippen LogP contribution in [0.4, 0.5) is 26.6 Å². The van der Waals surface area contributed by atoms with Crippen LogP contribution in [0.25, 0.3) is 0 Å². The molecule has 5 N–H and O–H groups in total. The Kier molecular flexibility index (Phi) is 10.4. The minimum absolute atomic E-state index is 0.296. The van der Waals surface area contributed by atoms with Gasteiger partial charge in [-0.15, -0.1) is 0 Å². The minimum Gasteiger partial charge on any atom is -0.378 e. The molecule has 0 bridgehead atoms. The van der Waals surface area contributed by atoms with Gasteiger partial charge in [-0.3, -0.25) is 0 Å². The van der Waals surface area contributed by atoms with Gasteiger partial charge in [0.2, 0.25) is 17.8 Å². The van der Waals surface area contributed by atoms with Crippen molar-refractivity contribution in [2.75, 3.05) is 55.5 Å². The predicted octanol–water partition coefficient (Wildman–Crippen LogP) is 2.78. The number of anilines is 3. The summed E-state index contributed by atoms with van der Waals surface area (Å²) in [5, 5.41) is 9.36. The maximum atomic E-state index is 13.1. The molecule has 0 spiro atoms. The molecule has 0 amide bonds. The molecule has 0 saturated heterocycles. The topological polar surface area (TPSA) is 119 Å². The Balaban J connectivity index is 1.57. The molecule has 11 heteroatoms. The van der Waals surface area contributed by atoms with Gasteiger partial charge >= 0.3 is 0 Å². The van der Waals surface area contributed by atoms with Crippen molar-refractivity contribution in [1.82, 2.24) is 15.0 Å². The molecule has 0 radical (unpaired) electrons. The van der Waals surface area contributed by atoms with Crippen molar-refractivity contribution in [2.24, 2.45) is 5.73 Å². The molecule has 3 rings (SSSR count). The zero-order valence-electron chi connectivity index (χ0n) is 18.8. The van der Waals surface area contributed by atoms with E-state index in [-0.39, 0.29) is 11.6 Å². The van der Waals surface area contributed by atoms with Gasteiger partial charge in [-0.2, -0.15) is 15.0 Å². The van der Waals surface area contributed by atoms with Crippen molar-refractivity contribution in [2.45, 2.75) is 13.1 Å². The maximum absolute atomic E-state index is 13.1. The van der Waals surface area contributed by atoms with Crippen LogP contribution in [-0.4, -0.2) is 54.5 Å². The van der Waals surface area contributed by atoms with Gasteiger partial charge in [0.15, 0.2) is 0 Å². The first-order chi connectivity index (χ1) is 16.6. The highest BCUT2D eigenvalue weighted by molar-refractivity contribution is 5.43. The minimum atomic E-state index is -0.296. The number of nitrogens with zero attached hydrogens (tertiary/aromatic N) is 3. The fraction of sp³-hybridized carbons (Fsp3) is 0.348. The van der Waals surface area contributed by atoms with Gasteiger partial charge in [0, 0.05) is 26.2 Å². The quantitative estimate of drug-likeness (QED) is 0.247. The molecular weight excluding hydrogens is 444 g/mol. The van der Waals surface area contributed by atoms with Crippen molar-refractivity contribution < 1.29 is 18.3 Å². The first kappa shape index (κ1) is 25.2. The second-order valence-electron chi connectivity index (χ2n) is 7.21. The van der Waals surface area contributed by atoms with E-state index in [1.165, 1.54) is 24.3 Å². The third-order valence-electron chi connectivity index (χ3n) is 4.53. The lowest BCUT2D eigenvalue weighted by atomic mass is 10.2. The Morgan fingerprint density at radius 3 is 1.53 bits per heavy atom. The molecule has 34 heavy (non-hydrogen) atoms. The lowest BCUT2D eigenvalue weighted by Crippen LogP contribution is -2.17. The summed E-state index contributed by atoms with van der Waals surface area (Å²) < 4.78 is 37.0. The largest absolute Gasteiger partial charge is 0.378 e. The van der Waals surface area contributed by atoms with Crippen LogP contribution >= 0.6 is 0 Å². The zero-order chi connectivity index (χ0) is 24.0. The van der Waals surface area contributed by atoms with Gasteiger partial charge < -0.3 is 31.2 Å². The van der Waals surface area contributed by atoms with Crippen molar-refractivity contribution >= 4 is 17.8 Å². The van der Waals surface area contributed by atoms with Crippen LogP contribution in [0.2, 0.25) is 0 Å². The number of ether oxygens (including phenoxy) is 2. The van der Waals surface area contributed by atoms with Crippen LogP contribution in [0.15, 0.2) is 48.5 Å². The van der Waals surface area contributed by atoms with E-state index in [1.807, 2.05) is 0 Å². The number of hydrogen-bond acceptors (Lipinski definition) is 9. The van der Waals surface area contributed by atoms with Crippen molar-refractivity contribution in [1.29, 1.82) is 0 Å². The Morgan fingerprint density at radius 1 is 0.618 bits per heavy atom. The second kappa shape index (κ2) is 14.0. The number of benzene rings is 2. The highest BCUT2D eigenvalue weighted by Gasteiger charge is 2.07. The summed E-state index contributed by atoms with van der Waals surface area (Å²) in [6.45, 7) is 3.68. The van der Waals surface area contributed by atoms with Gasteiger partial charge in [0.05, 0.1) is 26.4 Å². The molecule has 0 unspecified atom stereocenters. The number of nitrogens with two attached hydrogens (primary N) is 1. The maximum Gasteiger partial charge on any atom is 0.229 e. The fourth-order valence-electron chi connectivity index (χ4n) is 2.82. The summed E-state index contributed by atoms with van der Waals surface area (Å²) in [7, 11) is 0. The van der Waals surface area contributed by atoms with Gasteiger partial charge in [0.25, 0.3) is 0 Å². The third kappa shape index (κ3) is 9.22. The van der Waals surface area contributed by atoms with E-state index in [0.717, 1.165) is 11.1 Å². The molecule has 182 valence electrons. The Morgan fingerprint density at radius 2 is 1.06 bits per heavy atom. The molecule has 9 nitrogen and oxygen atoms in total. The predicted molar refractivity (Wildman–Crippen MR) is 126 cm³/mol.